The van der Waals surface area contributed by atoms with Crippen LogP contribution in [0.15, 0.2) is 18.2 Å². The first-order valence-corrected chi connectivity index (χ1v) is 7.31. The van der Waals surface area contributed by atoms with Gasteiger partial charge in [-0.2, -0.15) is 0 Å². The Kier molecular flexibility index (Phi) is 7.41. The zero-order chi connectivity index (χ0) is 15.0. The number of benzene rings is 1. The van der Waals surface area contributed by atoms with Crippen molar-refractivity contribution in [3.8, 4) is 11.5 Å². The van der Waals surface area contributed by atoms with Gasteiger partial charge in [-0.1, -0.05) is 19.9 Å². The van der Waals surface area contributed by atoms with E-state index >= 15 is 0 Å². The van der Waals surface area contributed by atoms with Crippen molar-refractivity contribution in [3.63, 3.8) is 0 Å². The summed E-state index contributed by atoms with van der Waals surface area (Å²) in [7, 11) is 5.37. The molecule has 0 saturated carbocycles. The molecule has 20 heavy (non-hydrogen) atoms. The Bertz CT molecular complexity index is 396. The van der Waals surface area contributed by atoms with Gasteiger partial charge in [0.25, 0.3) is 0 Å². The van der Waals surface area contributed by atoms with Crippen molar-refractivity contribution in [3.05, 3.63) is 23.8 Å². The molecule has 0 amide bonds. The Morgan fingerprint density at radius 1 is 1.20 bits per heavy atom. The molecule has 0 aliphatic heterocycles. The lowest BCUT2D eigenvalue weighted by Crippen LogP contribution is -2.34. The van der Waals surface area contributed by atoms with E-state index < -0.39 is 0 Å². The number of nitrogens with one attached hydrogen (secondary N) is 1. The Hall–Kier alpha value is -1.26. The molecule has 0 spiro atoms. The highest BCUT2D eigenvalue weighted by atomic mass is 16.5. The maximum Gasteiger partial charge on any atom is 0.127 e. The predicted molar refractivity (Wildman–Crippen MR) is 83.8 cm³/mol. The summed E-state index contributed by atoms with van der Waals surface area (Å²) in [5, 5.41) is 3.39. The van der Waals surface area contributed by atoms with Crippen LogP contribution in [0.1, 0.15) is 31.9 Å². The van der Waals surface area contributed by atoms with Gasteiger partial charge in [0, 0.05) is 24.2 Å². The van der Waals surface area contributed by atoms with Crippen LogP contribution in [0.4, 0.5) is 0 Å². The van der Waals surface area contributed by atoms with Crippen molar-refractivity contribution < 1.29 is 9.47 Å². The maximum atomic E-state index is 5.51. The predicted octanol–water partition coefficient (Wildman–Crippen LogP) is 2.70. The first-order chi connectivity index (χ1) is 9.69. The lowest BCUT2D eigenvalue weighted by atomic mass is 10.0. The minimum Gasteiger partial charge on any atom is -0.497 e. The van der Waals surface area contributed by atoms with Crippen molar-refractivity contribution in [1.29, 1.82) is 0 Å². The first-order valence-electron chi connectivity index (χ1n) is 7.31. The van der Waals surface area contributed by atoms with E-state index in [0.717, 1.165) is 31.1 Å². The van der Waals surface area contributed by atoms with Gasteiger partial charge in [0.15, 0.2) is 0 Å². The monoisotopic (exact) mass is 280 g/mol. The van der Waals surface area contributed by atoms with Crippen molar-refractivity contribution >= 4 is 0 Å². The van der Waals surface area contributed by atoms with E-state index in [1.807, 2.05) is 19.2 Å². The van der Waals surface area contributed by atoms with Gasteiger partial charge in [-0.25, -0.2) is 0 Å². The molecule has 1 rings (SSSR count). The Morgan fingerprint density at radius 3 is 2.45 bits per heavy atom. The highest BCUT2D eigenvalue weighted by Crippen LogP contribution is 2.29. The molecular weight excluding hydrogens is 252 g/mol. The van der Waals surface area contributed by atoms with Crippen molar-refractivity contribution in [2.24, 2.45) is 0 Å². The summed E-state index contributed by atoms with van der Waals surface area (Å²) in [5.41, 5.74) is 1.17. The molecule has 1 atom stereocenters. The molecule has 1 aromatic rings. The van der Waals surface area contributed by atoms with Gasteiger partial charge in [0.1, 0.15) is 11.5 Å². The fourth-order valence-corrected chi connectivity index (χ4v) is 2.40. The van der Waals surface area contributed by atoms with Crippen LogP contribution in [0.2, 0.25) is 0 Å². The molecule has 1 aromatic carbocycles. The molecule has 0 saturated heterocycles. The molecule has 114 valence electrons. The van der Waals surface area contributed by atoms with Gasteiger partial charge >= 0.3 is 0 Å². The first kappa shape index (κ1) is 16.8. The van der Waals surface area contributed by atoms with E-state index in [9.17, 15) is 0 Å². The van der Waals surface area contributed by atoms with Crippen LogP contribution in [0, 0.1) is 0 Å². The molecule has 0 fully saturated rings. The van der Waals surface area contributed by atoms with Crippen molar-refractivity contribution in [2.75, 3.05) is 40.9 Å². The number of rotatable bonds is 9. The summed E-state index contributed by atoms with van der Waals surface area (Å²) in [6.07, 6.45) is 1.17. The van der Waals surface area contributed by atoms with E-state index in [-0.39, 0.29) is 6.04 Å². The minimum absolute atomic E-state index is 0.252. The van der Waals surface area contributed by atoms with Crippen LogP contribution in [0.25, 0.3) is 0 Å². The summed E-state index contributed by atoms with van der Waals surface area (Å²) in [4.78, 5) is 2.45. The van der Waals surface area contributed by atoms with Crippen LogP contribution in [-0.2, 0) is 0 Å². The van der Waals surface area contributed by atoms with Crippen LogP contribution in [0.5, 0.6) is 11.5 Å². The average Bonchev–Trinajstić information content (AvgIpc) is 2.50. The number of hydrogen-bond acceptors (Lipinski definition) is 4. The van der Waals surface area contributed by atoms with Gasteiger partial charge in [0.05, 0.1) is 14.2 Å². The van der Waals surface area contributed by atoms with E-state index in [1.54, 1.807) is 14.2 Å². The molecule has 0 heterocycles. The molecule has 0 aliphatic carbocycles. The Labute approximate surface area is 123 Å². The largest absolute Gasteiger partial charge is 0.497 e. The molecule has 1 N–H and O–H groups in total. The number of ether oxygens (including phenoxy) is 2. The quantitative estimate of drug-likeness (QED) is 0.754. The molecule has 4 heteroatoms. The second-order valence-electron chi connectivity index (χ2n) is 4.84. The molecule has 0 radical (unpaired) electrons. The lowest BCUT2D eigenvalue weighted by molar-refractivity contribution is 0.256. The summed E-state index contributed by atoms with van der Waals surface area (Å²) in [5.74, 6) is 1.69. The summed E-state index contributed by atoms with van der Waals surface area (Å²) in [6.45, 7) is 7.57. The zero-order valence-electron chi connectivity index (χ0n) is 13.4. The van der Waals surface area contributed by atoms with Gasteiger partial charge < -0.3 is 19.7 Å². The van der Waals surface area contributed by atoms with Gasteiger partial charge in [-0.3, -0.25) is 0 Å². The summed E-state index contributed by atoms with van der Waals surface area (Å²) < 4.78 is 10.8. The fourth-order valence-electron chi connectivity index (χ4n) is 2.40. The zero-order valence-corrected chi connectivity index (χ0v) is 13.4. The molecule has 0 aliphatic rings. The van der Waals surface area contributed by atoms with Crippen molar-refractivity contribution in [2.45, 2.75) is 26.3 Å². The van der Waals surface area contributed by atoms with Gasteiger partial charge in [0.2, 0.25) is 0 Å². The lowest BCUT2D eigenvalue weighted by Gasteiger charge is -2.27. The highest BCUT2D eigenvalue weighted by molar-refractivity contribution is 5.42. The summed E-state index contributed by atoms with van der Waals surface area (Å²) in [6, 6.07) is 6.26. The average molecular weight is 280 g/mol. The van der Waals surface area contributed by atoms with E-state index in [0.29, 0.717) is 0 Å². The van der Waals surface area contributed by atoms with Crippen LogP contribution in [0.3, 0.4) is 0 Å². The normalized spacial score (nSPS) is 12.5. The standard InChI is InChI=1S/C16H28N2O2/c1-6-10-18(7-2)12-15(17-3)14-9-8-13(19-4)11-16(14)20-5/h8-9,11,15,17H,6-7,10,12H2,1-5H3. The summed E-state index contributed by atoms with van der Waals surface area (Å²) >= 11 is 0. The smallest absolute Gasteiger partial charge is 0.127 e. The van der Waals surface area contributed by atoms with Crippen LogP contribution >= 0.6 is 0 Å². The number of nitrogens with zero attached hydrogens (tertiary/aromatic N) is 1. The Balaban J connectivity index is 2.93. The van der Waals surface area contributed by atoms with Crippen LogP contribution in [-0.4, -0.2) is 45.8 Å². The van der Waals surface area contributed by atoms with E-state index in [1.165, 1.54) is 12.0 Å². The van der Waals surface area contributed by atoms with E-state index in [2.05, 4.69) is 30.1 Å². The topological polar surface area (TPSA) is 33.7 Å². The van der Waals surface area contributed by atoms with E-state index in [4.69, 9.17) is 9.47 Å². The number of likely N-dealkylation sites (N-methyl/N-ethyl adjacent to an activating group) is 2. The van der Waals surface area contributed by atoms with Crippen molar-refractivity contribution in [1.82, 2.24) is 10.2 Å². The SMILES string of the molecule is CCCN(CC)CC(NC)c1ccc(OC)cc1OC. The van der Waals surface area contributed by atoms with Crippen LogP contribution < -0.4 is 14.8 Å². The highest BCUT2D eigenvalue weighted by Gasteiger charge is 2.17. The molecule has 0 bridgehead atoms. The maximum absolute atomic E-state index is 5.51. The third kappa shape index (κ3) is 4.39. The second kappa shape index (κ2) is 8.82. The third-order valence-corrected chi connectivity index (χ3v) is 3.59. The fraction of sp³-hybridized carbons (Fsp3) is 0.625. The number of hydrogen-bond donors (Lipinski definition) is 1. The molecular formula is C16H28N2O2. The van der Waals surface area contributed by atoms with Gasteiger partial charge in [-0.05, 0) is 32.6 Å². The molecule has 4 nitrogen and oxygen atoms in total. The molecule has 0 aromatic heterocycles. The van der Waals surface area contributed by atoms with Gasteiger partial charge in [-0.15, -0.1) is 0 Å². The molecule has 1 unspecified atom stereocenters. The minimum atomic E-state index is 0.252. The third-order valence-electron chi connectivity index (χ3n) is 3.59. The number of methoxy groups -OCH3 is 2. The Morgan fingerprint density at radius 2 is 1.95 bits per heavy atom. The second-order valence-corrected chi connectivity index (χ2v) is 4.84.